The SMILES string of the molecule is CC(CN)Cc1ncc(-c2ccc3c(c2)CCCC3)[nH]1. The lowest BCUT2D eigenvalue weighted by Gasteiger charge is -2.16. The molecule has 106 valence electrons. The van der Waals surface area contributed by atoms with E-state index in [1.54, 1.807) is 0 Å². The summed E-state index contributed by atoms with van der Waals surface area (Å²) in [5, 5.41) is 0. The van der Waals surface area contributed by atoms with Crippen LogP contribution in [0.25, 0.3) is 11.3 Å². The Morgan fingerprint density at radius 2 is 2.05 bits per heavy atom. The first-order valence-corrected chi connectivity index (χ1v) is 7.62. The number of hydrogen-bond donors (Lipinski definition) is 2. The maximum atomic E-state index is 5.67. The van der Waals surface area contributed by atoms with Crippen molar-refractivity contribution in [3.05, 3.63) is 41.3 Å². The molecule has 0 saturated heterocycles. The molecule has 1 heterocycles. The largest absolute Gasteiger partial charge is 0.342 e. The molecule has 0 saturated carbocycles. The first-order valence-electron chi connectivity index (χ1n) is 7.62. The second-order valence-corrected chi connectivity index (χ2v) is 5.98. The fraction of sp³-hybridized carbons (Fsp3) is 0.471. The average molecular weight is 269 g/mol. The van der Waals surface area contributed by atoms with Crippen LogP contribution in [0.4, 0.5) is 0 Å². The monoisotopic (exact) mass is 269 g/mol. The number of H-pyrrole nitrogens is 1. The van der Waals surface area contributed by atoms with E-state index >= 15 is 0 Å². The normalized spacial score (nSPS) is 15.9. The predicted octanol–water partition coefficient (Wildman–Crippen LogP) is 3.09. The minimum absolute atomic E-state index is 0.470. The number of aromatic nitrogens is 2. The van der Waals surface area contributed by atoms with Crippen molar-refractivity contribution in [2.45, 2.75) is 39.0 Å². The van der Waals surface area contributed by atoms with Crippen molar-refractivity contribution in [1.82, 2.24) is 9.97 Å². The summed E-state index contributed by atoms with van der Waals surface area (Å²) in [6.07, 6.45) is 7.97. The van der Waals surface area contributed by atoms with Crippen molar-refractivity contribution in [2.75, 3.05) is 6.54 Å². The molecule has 3 nitrogen and oxygen atoms in total. The molecular weight excluding hydrogens is 246 g/mol. The Morgan fingerprint density at radius 1 is 1.25 bits per heavy atom. The summed E-state index contributed by atoms with van der Waals surface area (Å²) < 4.78 is 0. The molecule has 1 atom stereocenters. The highest BCUT2D eigenvalue weighted by atomic mass is 14.9. The van der Waals surface area contributed by atoms with Gasteiger partial charge in [0.2, 0.25) is 0 Å². The Morgan fingerprint density at radius 3 is 2.85 bits per heavy atom. The van der Waals surface area contributed by atoms with Gasteiger partial charge in [-0.3, -0.25) is 0 Å². The van der Waals surface area contributed by atoms with Crippen LogP contribution in [0.2, 0.25) is 0 Å². The molecule has 0 bridgehead atoms. The number of benzene rings is 1. The first-order chi connectivity index (χ1) is 9.76. The van der Waals surface area contributed by atoms with E-state index in [4.69, 9.17) is 5.73 Å². The molecule has 3 N–H and O–H groups in total. The zero-order valence-corrected chi connectivity index (χ0v) is 12.2. The summed E-state index contributed by atoms with van der Waals surface area (Å²) in [5.41, 5.74) is 11.1. The van der Waals surface area contributed by atoms with Crippen LogP contribution in [0.3, 0.4) is 0 Å². The van der Waals surface area contributed by atoms with Crippen molar-refractivity contribution in [2.24, 2.45) is 11.7 Å². The number of nitrogens with one attached hydrogen (secondary N) is 1. The quantitative estimate of drug-likeness (QED) is 0.896. The molecule has 3 rings (SSSR count). The fourth-order valence-electron chi connectivity index (χ4n) is 2.93. The fourth-order valence-corrected chi connectivity index (χ4v) is 2.93. The second-order valence-electron chi connectivity index (χ2n) is 5.98. The smallest absolute Gasteiger partial charge is 0.106 e. The van der Waals surface area contributed by atoms with Gasteiger partial charge < -0.3 is 10.7 Å². The van der Waals surface area contributed by atoms with Crippen LogP contribution in [0.1, 0.15) is 36.7 Å². The minimum Gasteiger partial charge on any atom is -0.342 e. The van der Waals surface area contributed by atoms with Crippen molar-refractivity contribution in [3.63, 3.8) is 0 Å². The van der Waals surface area contributed by atoms with E-state index in [2.05, 4.69) is 35.1 Å². The molecule has 1 aliphatic rings. The third-order valence-electron chi connectivity index (χ3n) is 4.23. The van der Waals surface area contributed by atoms with Gasteiger partial charge in [-0.1, -0.05) is 19.1 Å². The van der Waals surface area contributed by atoms with Gasteiger partial charge in [-0.2, -0.15) is 0 Å². The molecule has 1 aliphatic carbocycles. The minimum atomic E-state index is 0.470. The van der Waals surface area contributed by atoms with Gasteiger partial charge in [0.15, 0.2) is 0 Å². The molecule has 0 fully saturated rings. The van der Waals surface area contributed by atoms with Gasteiger partial charge in [0, 0.05) is 6.42 Å². The molecule has 2 aromatic rings. The van der Waals surface area contributed by atoms with Gasteiger partial charge in [-0.25, -0.2) is 4.98 Å². The average Bonchev–Trinajstić information content (AvgIpc) is 2.95. The number of aromatic amines is 1. The zero-order chi connectivity index (χ0) is 13.9. The van der Waals surface area contributed by atoms with E-state index in [-0.39, 0.29) is 0 Å². The number of nitrogens with zero attached hydrogens (tertiary/aromatic N) is 1. The maximum Gasteiger partial charge on any atom is 0.106 e. The number of rotatable bonds is 4. The summed E-state index contributed by atoms with van der Waals surface area (Å²) >= 11 is 0. The van der Waals surface area contributed by atoms with Crippen LogP contribution < -0.4 is 5.73 Å². The van der Waals surface area contributed by atoms with E-state index < -0.39 is 0 Å². The Hall–Kier alpha value is -1.61. The van der Waals surface area contributed by atoms with Crippen molar-refractivity contribution < 1.29 is 0 Å². The van der Waals surface area contributed by atoms with E-state index in [1.807, 2.05) is 6.20 Å². The molecule has 1 aromatic carbocycles. The van der Waals surface area contributed by atoms with Crippen LogP contribution >= 0.6 is 0 Å². The van der Waals surface area contributed by atoms with Crippen LogP contribution in [-0.2, 0) is 19.3 Å². The van der Waals surface area contributed by atoms with Gasteiger partial charge in [0.05, 0.1) is 11.9 Å². The lowest BCUT2D eigenvalue weighted by atomic mass is 9.90. The Kier molecular flexibility index (Phi) is 3.88. The molecule has 20 heavy (non-hydrogen) atoms. The molecule has 1 unspecified atom stereocenters. The Labute approximate surface area is 120 Å². The third kappa shape index (κ3) is 2.78. The topological polar surface area (TPSA) is 54.7 Å². The lowest BCUT2D eigenvalue weighted by molar-refractivity contribution is 0.577. The summed E-state index contributed by atoms with van der Waals surface area (Å²) in [5.74, 6) is 1.51. The highest BCUT2D eigenvalue weighted by Crippen LogP contribution is 2.26. The number of hydrogen-bond acceptors (Lipinski definition) is 2. The van der Waals surface area contributed by atoms with E-state index in [9.17, 15) is 0 Å². The van der Waals surface area contributed by atoms with Crippen LogP contribution in [0.5, 0.6) is 0 Å². The van der Waals surface area contributed by atoms with Gasteiger partial charge >= 0.3 is 0 Å². The number of imidazole rings is 1. The molecule has 1 aromatic heterocycles. The molecule has 0 amide bonds. The van der Waals surface area contributed by atoms with Crippen molar-refractivity contribution in [1.29, 1.82) is 0 Å². The maximum absolute atomic E-state index is 5.67. The molecular formula is C17H23N3. The number of nitrogens with two attached hydrogens (primary N) is 1. The van der Waals surface area contributed by atoms with Crippen molar-refractivity contribution in [3.8, 4) is 11.3 Å². The lowest BCUT2D eigenvalue weighted by Crippen LogP contribution is -2.13. The molecule has 0 aliphatic heterocycles. The number of fused-ring (bicyclic) bond motifs is 1. The van der Waals surface area contributed by atoms with E-state index in [1.165, 1.54) is 42.4 Å². The van der Waals surface area contributed by atoms with E-state index in [0.717, 1.165) is 17.9 Å². The first kappa shape index (κ1) is 13.4. The van der Waals surface area contributed by atoms with Crippen LogP contribution in [0, 0.1) is 5.92 Å². The van der Waals surface area contributed by atoms with Gasteiger partial charge in [-0.05, 0) is 60.9 Å². The highest BCUT2D eigenvalue weighted by Gasteiger charge is 2.12. The third-order valence-corrected chi connectivity index (χ3v) is 4.23. The van der Waals surface area contributed by atoms with E-state index in [0.29, 0.717) is 12.5 Å². The molecule has 0 radical (unpaired) electrons. The summed E-state index contributed by atoms with van der Waals surface area (Å²) in [7, 11) is 0. The van der Waals surface area contributed by atoms with Gasteiger partial charge in [0.1, 0.15) is 5.82 Å². The van der Waals surface area contributed by atoms with Gasteiger partial charge in [0.25, 0.3) is 0 Å². The standard InChI is InChI=1S/C17H23N3/c1-12(10-18)8-17-19-11-16(20-17)15-7-6-13-4-2-3-5-14(13)9-15/h6-7,9,11-12H,2-5,8,10,18H2,1H3,(H,19,20). The molecule has 0 spiro atoms. The zero-order valence-electron chi connectivity index (χ0n) is 12.2. The Balaban J connectivity index is 1.82. The second kappa shape index (κ2) is 5.80. The summed E-state index contributed by atoms with van der Waals surface area (Å²) in [6, 6.07) is 6.83. The Bertz CT molecular complexity index is 586. The predicted molar refractivity (Wildman–Crippen MR) is 82.6 cm³/mol. The van der Waals surface area contributed by atoms with Gasteiger partial charge in [-0.15, -0.1) is 0 Å². The highest BCUT2D eigenvalue weighted by molar-refractivity contribution is 5.60. The number of aryl methyl sites for hydroxylation is 2. The summed E-state index contributed by atoms with van der Waals surface area (Å²) in [4.78, 5) is 7.92. The molecule has 3 heteroatoms. The summed E-state index contributed by atoms with van der Waals surface area (Å²) in [6.45, 7) is 2.86. The van der Waals surface area contributed by atoms with Crippen LogP contribution in [-0.4, -0.2) is 16.5 Å². The van der Waals surface area contributed by atoms with Crippen LogP contribution in [0.15, 0.2) is 24.4 Å². The van der Waals surface area contributed by atoms with Crippen molar-refractivity contribution >= 4 is 0 Å².